The van der Waals surface area contributed by atoms with Gasteiger partial charge in [-0.05, 0) is 48.4 Å². The van der Waals surface area contributed by atoms with Crippen molar-refractivity contribution in [3.05, 3.63) is 94.8 Å². The van der Waals surface area contributed by atoms with Gasteiger partial charge in [-0.15, -0.1) is 0 Å². The van der Waals surface area contributed by atoms with Crippen LogP contribution in [0.5, 0.6) is 0 Å². The van der Waals surface area contributed by atoms with Crippen molar-refractivity contribution in [2.75, 3.05) is 5.32 Å². The second kappa shape index (κ2) is 8.33. The number of pyridine rings is 1. The van der Waals surface area contributed by atoms with E-state index >= 15 is 0 Å². The number of aromatic nitrogens is 1. The highest BCUT2D eigenvalue weighted by atomic mass is 35.5. The standard InChI is InChI=1S/C22H19ClN2OS/c1-15-10-11-17(14-16(15)2)21(26)20(25-12-6-3-7-13-25)22(27)24-19-9-5-4-8-18(19)23/h3-14H,1-2H3,(H-,24,26,27). The van der Waals surface area contributed by atoms with Crippen LogP contribution in [0.4, 0.5) is 5.69 Å². The van der Waals surface area contributed by atoms with Crippen LogP contribution in [0.25, 0.3) is 11.5 Å². The first-order valence-electron chi connectivity index (χ1n) is 8.49. The van der Waals surface area contributed by atoms with E-state index in [1.165, 1.54) is 0 Å². The largest absolute Gasteiger partial charge is 0.867 e. The number of benzene rings is 2. The van der Waals surface area contributed by atoms with Crippen molar-refractivity contribution in [3.63, 3.8) is 0 Å². The lowest BCUT2D eigenvalue weighted by molar-refractivity contribution is -0.577. The monoisotopic (exact) mass is 394 g/mol. The number of anilines is 1. The summed E-state index contributed by atoms with van der Waals surface area (Å²) >= 11 is 11.8. The van der Waals surface area contributed by atoms with E-state index in [2.05, 4.69) is 5.32 Å². The van der Waals surface area contributed by atoms with Gasteiger partial charge in [0.05, 0.1) is 10.7 Å². The third kappa shape index (κ3) is 4.35. The Balaban J connectivity index is 2.09. The average Bonchev–Trinajstić information content (AvgIpc) is 2.67. The molecular formula is C22H19ClN2OS. The van der Waals surface area contributed by atoms with Crippen LogP contribution in [-0.2, 0) is 0 Å². The van der Waals surface area contributed by atoms with Gasteiger partial charge in [-0.2, -0.15) is 4.57 Å². The van der Waals surface area contributed by atoms with Crippen molar-refractivity contribution >= 4 is 46.0 Å². The van der Waals surface area contributed by atoms with Gasteiger partial charge in [0.2, 0.25) is 5.70 Å². The van der Waals surface area contributed by atoms with Crippen LogP contribution in [0.2, 0.25) is 5.02 Å². The molecule has 1 heterocycles. The number of para-hydroxylation sites is 1. The molecule has 0 atom stereocenters. The highest BCUT2D eigenvalue weighted by Crippen LogP contribution is 2.23. The van der Waals surface area contributed by atoms with E-state index in [-0.39, 0.29) is 5.76 Å². The first kappa shape index (κ1) is 19.1. The minimum absolute atomic E-state index is 0.154. The fourth-order valence-electron chi connectivity index (χ4n) is 2.65. The van der Waals surface area contributed by atoms with Crippen molar-refractivity contribution in [1.82, 2.24) is 0 Å². The van der Waals surface area contributed by atoms with Gasteiger partial charge in [-0.25, -0.2) is 0 Å². The predicted octanol–water partition coefficient (Wildman–Crippen LogP) is 4.37. The van der Waals surface area contributed by atoms with E-state index < -0.39 is 0 Å². The third-order valence-corrected chi connectivity index (χ3v) is 4.92. The van der Waals surface area contributed by atoms with Gasteiger partial charge in [0.1, 0.15) is 0 Å². The number of thiocarbonyl (C=S) groups is 1. The molecule has 0 aliphatic heterocycles. The maximum Gasteiger partial charge on any atom is 0.238 e. The summed E-state index contributed by atoms with van der Waals surface area (Å²) in [5.41, 5.74) is 3.81. The molecule has 0 radical (unpaired) electrons. The number of nitrogens with zero attached hydrogens (tertiary/aromatic N) is 1. The van der Waals surface area contributed by atoms with E-state index in [9.17, 15) is 5.11 Å². The highest BCUT2D eigenvalue weighted by Gasteiger charge is 2.19. The molecule has 0 bridgehead atoms. The fraction of sp³-hybridized carbons (Fsp3) is 0.0909. The quantitative estimate of drug-likeness (QED) is 0.309. The number of halogens is 1. The lowest BCUT2D eigenvalue weighted by Gasteiger charge is -2.18. The molecule has 0 unspecified atom stereocenters. The molecule has 2 aromatic carbocycles. The van der Waals surface area contributed by atoms with Gasteiger partial charge in [0.15, 0.2) is 17.4 Å². The molecule has 3 rings (SSSR count). The number of nitrogens with one attached hydrogen (secondary N) is 1. The lowest BCUT2D eigenvalue weighted by atomic mass is 10.0. The number of rotatable bonds is 4. The molecule has 0 fully saturated rings. The van der Waals surface area contributed by atoms with Crippen LogP contribution in [0.3, 0.4) is 0 Å². The van der Waals surface area contributed by atoms with Crippen molar-refractivity contribution in [3.8, 4) is 0 Å². The van der Waals surface area contributed by atoms with Gasteiger partial charge >= 0.3 is 0 Å². The molecule has 5 heteroatoms. The van der Waals surface area contributed by atoms with Gasteiger partial charge in [0.25, 0.3) is 0 Å². The second-order valence-electron chi connectivity index (χ2n) is 6.19. The SMILES string of the molecule is Cc1ccc(C([O-])=C(C(=S)Nc2ccccc2Cl)[n+]2ccccc2)cc1C. The Bertz CT molecular complexity index is 1020. The van der Waals surface area contributed by atoms with E-state index in [1.807, 2.05) is 68.4 Å². The molecule has 0 saturated carbocycles. The van der Waals surface area contributed by atoms with Crippen molar-refractivity contribution in [1.29, 1.82) is 0 Å². The molecule has 0 amide bonds. The molecule has 1 aromatic heterocycles. The third-order valence-electron chi connectivity index (χ3n) is 4.30. The molecule has 1 N–H and O–H groups in total. The molecule has 0 aliphatic carbocycles. The van der Waals surface area contributed by atoms with Crippen LogP contribution in [-0.4, -0.2) is 4.99 Å². The Morgan fingerprint density at radius 1 is 0.963 bits per heavy atom. The smallest absolute Gasteiger partial charge is 0.238 e. The lowest BCUT2D eigenvalue weighted by Crippen LogP contribution is -2.39. The number of hydrogen-bond acceptors (Lipinski definition) is 2. The Morgan fingerprint density at radius 2 is 1.67 bits per heavy atom. The fourth-order valence-corrected chi connectivity index (χ4v) is 3.14. The number of aryl methyl sites for hydroxylation is 2. The molecule has 0 spiro atoms. The molecule has 0 saturated heterocycles. The van der Waals surface area contributed by atoms with Crippen LogP contribution < -0.4 is 15.0 Å². The summed E-state index contributed by atoms with van der Waals surface area (Å²) < 4.78 is 1.73. The van der Waals surface area contributed by atoms with Crippen LogP contribution in [0, 0.1) is 13.8 Å². The van der Waals surface area contributed by atoms with Gasteiger partial charge in [0, 0.05) is 12.1 Å². The normalized spacial score (nSPS) is 11.7. The molecule has 3 aromatic rings. The van der Waals surface area contributed by atoms with Gasteiger partial charge in [-0.1, -0.05) is 60.2 Å². The summed E-state index contributed by atoms with van der Waals surface area (Å²) in [7, 11) is 0. The Kier molecular flexibility index (Phi) is 5.89. The van der Waals surface area contributed by atoms with Crippen molar-refractivity contribution in [2.45, 2.75) is 13.8 Å². The molecule has 0 aliphatic rings. The highest BCUT2D eigenvalue weighted by molar-refractivity contribution is 7.81. The maximum atomic E-state index is 13.3. The van der Waals surface area contributed by atoms with Crippen LogP contribution in [0.15, 0.2) is 73.1 Å². The summed E-state index contributed by atoms with van der Waals surface area (Å²) in [4.78, 5) is 0.308. The van der Waals surface area contributed by atoms with Crippen molar-refractivity contribution in [2.24, 2.45) is 0 Å². The summed E-state index contributed by atoms with van der Waals surface area (Å²) in [6, 6.07) is 18.5. The molecule has 136 valence electrons. The van der Waals surface area contributed by atoms with E-state index in [0.29, 0.717) is 27.0 Å². The van der Waals surface area contributed by atoms with Crippen molar-refractivity contribution < 1.29 is 9.67 Å². The summed E-state index contributed by atoms with van der Waals surface area (Å²) in [5.74, 6) is -0.154. The zero-order valence-electron chi connectivity index (χ0n) is 15.1. The Hall–Kier alpha value is -2.69. The van der Waals surface area contributed by atoms with Gasteiger partial charge < -0.3 is 10.4 Å². The minimum Gasteiger partial charge on any atom is -0.867 e. The zero-order chi connectivity index (χ0) is 19.4. The maximum absolute atomic E-state index is 13.3. The second-order valence-corrected chi connectivity index (χ2v) is 7.01. The molecule has 3 nitrogen and oxygen atoms in total. The average molecular weight is 395 g/mol. The Labute approximate surface area is 169 Å². The summed E-state index contributed by atoms with van der Waals surface area (Å²) in [6.07, 6.45) is 3.60. The predicted molar refractivity (Wildman–Crippen MR) is 113 cm³/mol. The first-order valence-corrected chi connectivity index (χ1v) is 9.27. The number of hydrogen-bond donors (Lipinski definition) is 1. The first-order chi connectivity index (χ1) is 13.0. The van der Waals surface area contributed by atoms with Crippen LogP contribution in [0.1, 0.15) is 16.7 Å². The minimum atomic E-state index is -0.154. The van der Waals surface area contributed by atoms with Gasteiger partial charge in [-0.3, -0.25) is 0 Å². The van der Waals surface area contributed by atoms with Crippen LogP contribution >= 0.6 is 23.8 Å². The molecule has 27 heavy (non-hydrogen) atoms. The van der Waals surface area contributed by atoms with E-state index in [1.54, 1.807) is 23.0 Å². The van der Waals surface area contributed by atoms with E-state index in [4.69, 9.17) is 23.8 Å². The zero-order valence-corrected chi connectivity index (χ0v) is 16.6. The Morgan fingerprint density at radius 3 is 2.33 bits per heavy atom. The summed E-state index contributed by atoms with van der Waals surface area (Å²) in [6.45, 7) is 4.01. The van der Waals surface area contributed by atoms with E-state index in [0.717, 1.165) is 11.1 Å². The molecular weight excluding hydrogens is 376 g/mol. The summed E-state index contributed by atoms with van der Waals surface area (Å²) in [5, 5.41) is 17.0. The topological polar surface area (TPSA) is 39.0 Å².